The quantitative estimate of drug-likeness (QED) is 0.530. The number of amides is 2. The van der Waals surface area contributed by atoms with Crippen molar-refractivity contribution in [2.45, 2.75) is 17.7 Å². The second kappa shape index (κ2) is 9.86. The SMILES string of the molecule is COc1cccc(C(=O)N2CCN(C(=O)c3cccnc3SCc3cc(C)on3)CC2)c1. The van der Waals surface area contributed by atoms with Crippen LogP contribution in [0.25, 0.3) is 0 Å². The molecule has 0 spiro atoms. The molecule has 3 heterocycles. The standard InChI is InChI=1S/C23H24N4O4S/c1-16-13-18(25-31-16)15-32-21-20(7-4-8-24-21)23(29)27-11-9-26(10-12-27)22(28)17-5-3-6-19(14-17)30-2/h3-8,13-14H,9-12,15H2,1-2H3. The smallest absolute Gasteiger partial charge is 0.256 e. The van der Waals surface area contributed by atoms with Gasteiger partial charge >= 0.3 is 0 Å². The fourth-order valence-electron chi connectivity index (χ4n) is 3.52. The lowest BCUT2D eigenvalue weighted by Crippen LogP contribution is -2.50. The molecule has 8 nitrogen and oxygen atoms in total. The molecule has 2 aromatic heterocycles. The van der Waals surface area contributed by atoms with Gasteiger partial charge in [0.1, 0.15) is 16.5 Å². The lowest BCUT2D eigenvalue weighted by atomic mass is 10.1. The van der Waals surface area contributed by atoms with Gasteiger partial charge in [-0.05, 0) is 37.3 Å². The molecule has 32 heavy (non-hydrogen) atoms. The van der Waals surface area contributed by atoms with Crippen molar-refractivity contribution in [1.29, 1.82) is 0 Å². The first-order valence-electron chi connectivity index (χ1n) is 10.3. The number of benzene rings is 1. The first-order valence-corrected chi connectivity index (χ1v) is 11.3. The number of carbonyl (C=O) groups excluding carboxylic acids is 2. The van der Waals surface area contributed by atoms with Crippen molar-refractivity contribution in [2.75, 3.05) is 33.3 Å². The Hall–Kier alpha value is -3.33. The molecule has 2 amide bonds. The van der Waals surface area contributed by atoms with Crippen LogP contribution in [0.15, 0.2) is 58.2 Å². The van der Waals surface area contributed by atoms with Gasteiger partial charge in [-0.25, -0.2) is 4.98 Å². The minimum Gasteiger partial charge on any atom is -0.497 e. The fraction of sp³-hybridized carbons (Fsp3) is 0.304. The predicted molar refractivity (Wildman–Crippen MR) is 120 cm³/mol. The predicted octanol–water partition coefficient (Wildman–Crippen LogP) is 3.28. The van der Waals surface area contributed by atoms with Crippen LogP contribution in [0.3, 0.4) is 0 Å². The van der Waals surface area contributed by atoms with Gasteiger partial charge in [-0.1, -0.05) is 23.0 Å². The number of rotatable bonds is 6. The Labute approximate surface area is 190 Å². The number of hydrogen-bond acceptors (Lipinski definition) is 7. The molecule has 0 saturated carbocycles. The molecule has 1 aliphatic rings. The Morgan fingerprint density at radius 2 is 1.81 bits per heavy atom. The lowest BCUT2D eigenvalue weighted by molar-refractivity contribution is 0.0533. The molecule has 1 aromatic carbocycles. The average molecular weight is 453 g/mol. The Kier molecular flexibility index (Phi) is 6.75. The summed E-state index contributed by atoms with van der Waals surface area (Å²) >= 11 is 1.45. The summed E-state index contributed by atoms with van der Waals surface area (Å²) < 4.78 is 10.3. The summed E-state index contributed by atoms with van der Waals surface area (Å²) in [6.07, 6.45) is 1.68. The van der Waals surface area contributed by atoms with E-state index in [1.807, 2.05) is 13.0 Å². The van der Waals surface area contributed by atoms with E-state index in [-0.39, 0.29) is 11.8 Å². The fourth-order valence-corrected chi connectivity index (χ4v) is 4.39. The maximum atomic E-state index is 13.2. The third-order valence-corrected chi connectivity index (χ3v) is 6.24. The van der Waals surface area contributed by atoms with E-state index in [9.17, 15) is 9.59 Å². The third-order valence-electron chi connectivity index (χ3n) is 5.21. The number of nitrogens with zero attached hydrogens (tertiary/aromatic N) is 4. The van der Waals surface area contributed by atoms with Crippen LogP contribution in [0, 0.1) is 6.92 Å². The van der Waals surface area contributed by atoms with Crippen LogP contribution in [-0.4, -0.2) is 65.0 Å². The van der Waals surface area contributed by atoms with Gasteiger partial charge in [-0.15, -0.1) is 0 Å². The van der Waals surface area contributed by atoms with Crippen molar-refractivity contribution in [3.05, 3.63) is 71.2 Å². The summed E-state index contributed by atoms with van der Waals surface area (Å²) in [6, 6.07) is 12.5. The molecule has 4 rings (SSSR count). The number of carbonyl (C=O) groups is 2. The molecule has 1 aliphatic heterocycles. The minimum absolute atomic E-state index is 0.0588. The number of pyridine rings is 1. The van der Waals surface area contributed by atoms with Gasteiger partial charge in [0.15, 0.2) is 0 Å². The summed E-state index contributed by atoms with van der Waals surface area (Å²) in [7, 11) is 1.58. The van der Waals surface area contributed by atoms with Crippen LogP contribution in [-0.2, 0) is 5.75 Å². The molecular formula is C23H24N4O4S. The molecule has 0 atom stereocenters. The Balaban J connectivity index is 1.38. The summed E-state index contributed by atoms with van der Waals surface area (Å²) in [5, 5.41) is 4.65. The van der Waals surface area contributed by atoms with Gasteiger partial charge in [0.25, 0.3) is 11.8 Å². The second-order valence-corrected chi connectivity index (χ2v) is 8.35. The van der Waals surface area contributed by atoms with Crippen molar-refractivity contribution in [1.82, 2.24) is 19.9 Å². The summed E-state index contributed by atoms with van der Waals surface area (Å²) in [6.45, 7) is 3.73. The van der Waals surface area contributed by atoms with Crippen molar-refractivity contribution in [3.63, 3.8) is 0 Å². The minimum atomic E-state index is -0.0783. The maximum Gasteiger partial charge on any atom is 0.256 e. The van der Waals surface area contributed by atoms with E-state index >= 15 is 0 Å². The largest absolute Gasteiger partial charge is 0.497 e. The van der Waals surface area contributed by atoms with Gasteiger partial charge in [-0.3, -0.25) is 9.59 Å². The van der Waals surface area contributed by atoms with Crippen LogP contribution >= 0.6 is 11.8 Å². The molecule has 0 aliphatic carbocycles. The highest BCUT2D eigenvalue weighted by Gasteiger charge is 2.27. The van der Waals surface area contributed by atoms with Crippen LogP contribution in [0.5, 0.6) is 5.75 Å². The lowest BCUT2D eigenvalue weighted by Gasteiger charge is -2.35. The Morgan fingerprint density at radius 3 is 2.50 bits per heavy atom. The highest BCUT2D eigenvalue weighted by molar-refractivity contribution is 7.98. The van der Waals surface area contributed by atoms with E-state index in [1.54, 1.807) is 59.5 Å². The van der Waals surface area contributed by atoms with Crippen molar-refractivity contribution in [3.8, 4) is 5.75 Å². The van der Waals surface area contributed by atoms with Crippen molar-refractivity contribution in [2.24, 2.45) is 0 Å². The number of piperazine rings is 1. The van der Waals surface area contributed by atoms with E-state index in [2.05, 4.69) is 10.1 Å². The monoisotopic (exact) mass is 452 g/mol. The van der Waals surface area contributed by atoms with Gasteiger partial charge in [-0.2, -0.15) is 0 Å². The number of aryl methyl sites for hydroxylation is 1. The molecule has 166 valence electrons. The number of hydrogen-bond donors (Lipinski definition) is 0. The molecule has 0 bridgehead atoms. The topological polar surface area (TPSA) is 88.8 Å². The molecule has 1 saturated heterocycles. The first-order chi connectivity index (χ1) is 15.5. The van der Waals surface area contributed by atoms with Crippen LogP contribution in [0.1, 0.15) is 32.2 Å². The molecular weight excluding hydrogens is 428 g/mol. The summed E-state index contributed by atoms with van der Waals surface area (Å²) in [5.41, 5.74) is 1.95. The van der Waals surface area contributed by atoms with E-state index in [0.29, 0.717) is 53.8 Å². The summed E-state index contributed by atoms with van der Waals surface area (Å²) in [5.74, 6) is 1.82. The molecule has 0 unspecified atom stereocenters. The normalized spacial score (nSPS) is 13.8. The zero-order valence-corrected chi connectivity index (χ0v) is 18.8. The second-order valence-electron chi connectivity index (χ2n) is 7.39. The average Bonchev–Trinajstić information content (AvgIpc) is 3.27. The van der Waals surface area contributed by atoms with E-state index in [0.717, 1.165) is 11.5 Å². The van der Waals surface area contributed by atoms with Gasteiger partial charge in [0.05, 0.1) is 18.4 Å². The zero-order chi connectivity index (χ0) is 22.5. The Morgan fingerprint density at radius 1 is 1.06 bits per heavy atom. The van der Waals surface area contributed by atoms with Gasteiger partial charge < -0.3 is 19.1 Å². The van der Waals surface area contributed by atoms with Crippen LogP contribution < -0.4 is 4.74 Å². The highest BCUT2D eigenvalue weighted by Crippen LogP contribution is 2.25. The highest BCUT2D eigenvalue weighted by atomic mass is 32.2. The first kappa shape index (κ1) is 21.9. The Bertz CT molecular complexity index is 1110. The van der Waals surface area contributed by atoms with Crippen molar-refractivity contribution >= 4 is 23.6 Å². The number of thioether (sulfide) groups is 1. The van der Waals surface area contributed by atoms with Crippen LogP contribution in [0.2, 0.25) is 0 Å². The number of aromatic nitrogens is 2. The van der Waals surface area contributed by atoms with E-state index in [1.165, 1.54) is 11.8 Å². The molecule has 1 fully saturated rings. The van der Waals surface area contributed by atoms with Gasteiger partial charge in [0, 0.05) is 49.8 Å². The molecule has 3 aromatic rings. The zero-order valence-electron chi connectivity index (χ0n) is 18.0. The van der Waals surface area contributed by atoms with Crippen molar-refractivity contribution < 1.29 is 18.8 Å². The molecule has 0 N–H and O–H groups in total. The molecule has 9 heteroatoms. The number of ether oxygens (including phenoxy) is 1. The maximum absolute atomic E-state index is 13.2. The van der Waals surface area contributed by atoms with Crippen LogP contribution in [0.4, 0.5) is 0 Å². The van der Waals surface area contributed by atoms with Gasteiger partial charge in [0.2, 0.25) is 0 Å². The number of methoxy groups -OCH3 is 1. The van der Waals surface area contributed by atoms with E-state index < -0.39 is 0 Å². The third kappa shape index (κ3) is 4.94. The van der Waals surface area contributed by atoms with E-state index in [4.69, 9.17) is 9.26 Å². The summed E-state index contributed by atoms with van der Waals surface area (Å²) in [4.78, 5) is 34.0. The molecule has 0 radical (unpaired) electrons.